The van der Waals surface area contributed by atoms with Gasteiger partial charge in [0, 0.05) is 37.1 Å². The molecule has 19 heteroatoms. The van der Waals surface area contributed by atoms with Crippen LogP contribution in [0.2, 0.25) is 0 Å². The SMILES string of the molecule is C=CC(=O)OCCC(=O)OC(COC(=O)C=C)COc1ccc(C(=O)Oc2ccc(OC(=O)c3ccc(OCC(COC(=O)C=C)OC(=O)CCOC(O)C=C)cc3)c(/C=N/C)c2)cc1. The van der Waals surface area contributed by atoms with Crippen molar-refractivity contribution in [3.8, 4) is 23.0 Å². The number of carbonyl (C=O) groups is 7. The number of aliphatic hydroxyl groups is 1. The summed E-state index contributed by atoms with van der Waals surface area (Å²) in [6, 6.07) is 15.9. The van der Waals surface area contributed by atoms with Crippen LogP contribution in [-0.2, 0) is 52.4 Å². The van der Waals surface area contributed by atoms with Gasteiger partial charge in [-0.05, 0) is 72.8 Å². The molecule has 0 amide bonds. The highest BCUT2D eigenvalue weighted by Gasteiger charge is 2.21. The molecule has 0 aliphatic heterocycles. The van der Waals surface area contributed by atoms with Crippen molar-refractivity contribution in [1.29, 1.82) is 0 Å². The average Bonchev–Trinajstić information content (AvgIpc) is 3.31. The van der Waals surface area contributed by atoms with Crippen LogP contribution in [0.15, 0.2) is 122 Å². The fourth-order valence-corrected chi connectivity index (χ4v) is 4.82. The monoisotopic (exact) mass is 901 g/mol. The van der Waals surface area contributed by atoms with E-state index in [0.717, 1.165) is 24.3 Å². The number of aliphatic hydroxyl groups excluding tert-OH is 1. The Hall–Kier alpha value is -7.90. The first-order chi connectivity index (χ1) is 31.3. The highest BCUT2D eigenvalue weighted by molar-refractivity contribution is 5.94. The van der Waals surface area contributed by atoms with Gasteiger partial charge >= 0.3 is 41.8 Å². The Labute approximate surface area is 373 Å². The van der Waals surface area contributed by atoms with E-state index in [2.05, 4.69) is 31.3 Å². The van der Waals surface area contributed by atoms with E-state index in [9.17, 15) is 38.7 Å². The third kappa shape index (κ3) is 19.4. The predicted molar refractivity (Wildman–Crippen MR) is 228 cm³/mol. The molecule has 0 aliphatic rings. The van der Waals surface area contributed by atoms with E-state index in [1.54, 1.807) is 0 Å². The number of rotatable bonds is 28. The minimum atomic E-state index is -1.25. The second kappa shape index (κ2) is 27.9. The summed E-state index contributed by atoms with van der Waals surface area (Å²) in [5.41, 5.74) is 0.589. The molecule has 344 valence electrons. The lowest BCUT2D eigenvalue weighted by Crippen LogP contribution is -2.31. The number of nitrogens with zero attached hydrogens (tertiary/aromatic N) is 1. The Morgan fingerprint density at radius 2 is 1.06 bits per heavy atom. The van der Waals surface area contributed by atoms with Crippen LogP contribution in [0.4, 0.5) is 0 Å². The quantitative estimate of drug-likeness (QED) is 0.0204. The first-order valence-electron chi connectivity index (χ1n) is 19.4. The normalized spacial score (nSPS) is 11.9. The molecule has 19 nitrogen and oxygen atoms in total. The van der Waals surface area contributed by atoms with Gasteiger partial charge in [0.15, 0.2) is 18.5 Å². The fourth-order valence-electron chi connectivity index (χ4n) is 4.82. The van der Waals surface area contributed by atoms with Crippen LogP contribution in [0.1, 0.15) is 39.1 Å². The zero-order valence-corrected chi connectivity index (χ0v) is 35.3. The van der Waals surface area contributed by atoms with Crippen molar-refractivity contribution in [2.24, 2.45) is 4.99 Å². The van der Waals surface area contributed by atoms with Crippen LogP contribution in [0.3, 0.4) is 0 Å². The zero-order valence-electron chi connectivity index (χ0n) is 35.3. The fraction of sp³-hybridized carbons (Fsp3) is 0.261. The van der Waals surface area contributed by atoms with E-state index in [0.29, 0.717) is 5.56 Å². The largest absolute Gasteiger partial charge is 0.490 e. The summed E-state index contributed by atoms with van der Waals surface area (Å²) >= 11 is 0. The first kappa shape index (κ1) is 51.5. The van der Waals surface area contributed by atoms with Crippen LogP contribution in [0.25, 0.3) is 0 Å². The third-order valence-electron chi connectivity index (χ3n) is 7.98. The Kier molecular flexibility index (Phi) is 22.1. The minimum absolute atomic E-state index is 0.102. The zero-order chi connectivity index (χ0) is 47.6. The molecular weight excluding hydrogens is 854 g/mol. The summed E-state index contributed by atoms with van der Waals surface area (Å²) in [6.07, 6.45) is 1.58. The van der Waals surface area contributed by atoms with Gasteiger partial charge in [0.2, 0.25) is 0 Å². The van der Waals surface area contributed by atoms with E-state index in [4.69, 9.17) is 47.4 Å². The molecule has 3 aromatic carbocycles. The maximum absolute atomic E-state index is 13.1. The minimum Gasteiger partial charge on any atom is -0.490 e. The van der Waals surface area contributed by atoms with Crippen LogP contribution in [0, 0.1) is 0 Å². The molecule has 3 atom stereocenters. The van der Waals surface area contributed by atoms with E-state index >= 15 is 0 Å². The van der Waals surface area contributed by atoms with Crippen molar-refractivity contribution in [3.63, 3.8) is 0 Å². The number of hydrogen-bond acceptors (Lipinski definition) is 19. The third-order valence-corrected chi connectivity index (χ3v) is 7.98. The van der Waals surface area contributed by atoms with Crippen LogP contribution >= 0.6 is 0 Å². The first-order valence-corrected chi connectivity index (χ1v) is 19.4. The van der Waals surface area contributed by atoms with Gasteiger partial charge in [-0.25, -0.2) is 24.0 Å². The molecule has 1 N–H and O–H groups in total. The van der Waals surface area contributed by atoms with E-state index < -0.39 is 60.3 Å². The summed E-state index contributed by atoms with van der Waals surface area (Å²) < 4.78 is 52.9. The number of carbonyl (C=O) groups excluding carboxylic acids is 7. The van der Waals surface area contributed by atoms with Crippen molar-refractivity contribution < 1.29 is 86.0 Å². The van der Waals surface area contributed by atoms with Gasteiger partial charge in [0.05, 0.1) is 30.6 Å². The summed E-state index contributed by atoms with van der Waals surface area (Å²) in [7, 11) is 1.50. The summed E-state index contributed by atoms with van der Waals surface area (Å²) in [4.78, 5) is 89.1. The highest BCUT2D eigenvalue weighted by Crippen LogP contribution is 2.26. The Bertz CT molecular complexity index is 2180. The van der Waals surface area contributed by atoms with Gasteiger partial charge in [-0.2, -0.15) is 0 Å². The van der Waals surface area contributed by atoms with Crippen LogP contribution in [0.5, 0.6) is 23.0 Å². The average molecular weight is 902 g/mol. The highest BCUT2D eigenvalue weighted by atomic mass is 16.6. The smallest absolute Gasteiger partial charge is 0.343 e. The number of hydrogen-bond donors (Lipinski definition) is 1. The second-order valence-corrected chi connectivity index (χ2v) is 12.8. The van der Waals surface area contributed by atoms with Crippen molar-refractivity contribution in [1.82, 2.24) is 0 Å². The van der Waals surface area contributed by atoms with E-state index in [1.807, 2.05) is 0 Å². The molecule has 0 heterocycles. The lowest BCUT2D eigenvalue weighted by atomic mass is 10.2. The van der Waals surface area contributed by atoms with Gasteiger partial charge in [-0.1, -0.05) is 26.3 Å². The maximum Gasteiger partial charge on any atom is 0.343 e. The van der Waals surface area contributed by atoms with E-state index in [-0.39, 0.29) is 86.6 Å². The number of aliphatic imine (C=N–C) groups is 1. The van der Waals surface area contributed by atoms with Gasteiger partial charge < -0.3 is 52.5 Å². The second-order valence-electron chi connectivity index (χ2n) is 12.8. The number of benzene rings is 3. The van der Waals surface area contributed by atoms with Gasteiger partial charge in [0.1, 0.15) is 56.0 Å². The Morgan fingerprint density at radius 3 is 1.54 bits per heavy atom. The summed E-state index contributed by atoms with van der Waals surface area (Å²) in [5, 5.41) is 9.40. The molecule has 0 spiro atoms. The maximum atomic E-state index is 13.1. The van der Waals surface area contributed by atoms with Crippen LogP contribution in [-0.4, -0.2) is 118 Å². The molecule has 3 rings (SSSR count). The topological polar surface area (TPSA) is 244 Å². The van der Waals surface area contributed by atoms with Gasteiger partial charge in [-0.15, -0.1) is 0 Å². The number of esters is 7. The van der Waals surface area contributed by atoms with Crippen LogP contribution < -0.4 is 18.9 Å². The van der Waals surface area contributed by atoms with Crippen molar-refractivity contribution in [3.05, 3.63) is 134 Å². The molecule has 3 unspecified atom stereocenters. The van der Waals surface area contributed by atoms with Gasteiger partial charge in [-0.3, -0.25) is 14.6 Å². The van der Waals surface area contributed by atoms with Gasteiger partial charge in [0.25, 0.3) is 0 Å². The van der Waals surface area contributed by atoms with Crippen molar-refractivity contribution >= 4 is 48.0 Å². The summed E-state index contributed by atoms with van der Waals surface area (Å²) in [5.74, 6) is -4.37. The molecule has 0 aliphatic carbocycles. The molecule has 0 saturated heterocycles. The predicted octanol–water partition coefficient (Wildman–Crippen LogP) is 4.24. The molecule has 3 aromatic rings. The number of ether oxygens (including phenoxy) is 10. The summed E-state index contributed by atoms with van der Waals surface area (Å²) in [6.45, 7) is 11.7. The lowest BCUT2D eigenvalue weighted by molar-refractivity contribution is -0.161. The Balaban J connectivity index is 1.58. The molecule has 0 fully saturated rings. The standard InChI is InChI=1S/C46H47NO18/c1-6-39(48)56-22-20-43(52)62-36(28-60-41(50)8-3)26-58-33-14-10-30(11-15-33)45(54)64-35-18-19-38(32(24-35)25-47-5)65-46(55)31-12-16-34(17-13-31)59-27-37(29-61-42(51)9-4)63-44(53)21-23-57-40(49)7-2/h6-19,24-25,36-37,40,49H,1-4,20-23,26-29H2,5H3/b47-25+. The molecule has 0 radical (unpaired) electrons. The molecule has 0 aromatic heterocycles. The molecule has 65 heavy (non-hydrogen) atoms. The molecule has 0 bridgehead atoms. The van der Waals surface area contributed by atoms with Crippen molar-refractivity contribution in [2.75, 3.05) is 46.7 Å². The Morgan fingerprint density at radius 1 is 0.600 bits per heavy atom. The van der Waals surface area contributed by atoms with Crippen molar-refractivity contribution in [2.45, 2.75) is 31.3 Å². The lowest BCUT2D eigenvalue weighted by Gasteiger charge is -2.18. The molecule has 0 saturated carbocycles. The molecular formula is C46H47NO18. The van der Waals surface area contributed by atoms with E-state index in [1.165, 1.54) is 80.0 Å².